The summed E-state index contributed by atoms with van der Waals surface area (Å²) < 4.78 is 39.7. The first-order valence-electron chi connectivity index (χ1n) is 8.81. The third kappa shape index (κ3) is 6.40. The Balaban J connectivity index is 1.89. The number of hydrogen-bond donors (Lipinski definition) is 1. The molecule has 0 aliphatic carbocycles. The average Bonchev–Trinajstić information content (AvgIpc) is 2.64. The SMILES string of the molecule is COc1cc(CNC(=O)COc2cccc(C(C)(C)C)c2)ccc1OC(F)F. The van der Waals surface area contributed by atoms with E-state index in [-0.39, 0.29) is 36.0 Å². The summed E-state index contributed by atoms with van der Waals surface area (Å²) in [5, 5.41) is 2.72. The number of alkyl halides is 2. The van der Waals surface area contributed by atoms with E-state index >= 15 is 0 Å². The molecule has 5 nitrogen and oxygen atoms in total. The van der Waals surface area contributed by atoms with E-state index in [9.17, 15) is 13.6 Å². The Kier molecular flexibility index (Phi) is 7.20. The number of carbonyl (C=O) groups excluding carboxylic acids is 1. The van der Waals surface area contributed by atoms with Crippen LogP contribution >= 0.6 is 0 Å². The van der Waals surface area contributed by atoms with Gasteiger partial charge in [0.2, 0.25) is 0 Å². The number of methoxy groups -OCH3 is 1. The molecule has 0 aromatic heterocycles. The van der Waals surface area contributed by atoms with Crippen LogP contribution in [0.25, 0.3) is 0 Å². The highest BCUT2D eigenvalue weighted by molar-refractivity contribution is 5.77. The maximum Gasteiger partial charge on any atom is 0.387 e. The van der Waals surface area contributed by atoms with E-state index < -0.39 is 6.61 Å². The summed E-state index contributed by atoms with van der Waals surface area (Å²) in [5.74, 6) is 0.433. The molecule has 0 fully saturated rings. The molecule has 0 radical (unpaired) electrons. The Labute approximate surface area is 163 Å². The van der Waals surface area contributed by atoms with E-state index in [0.717, 1.165) is 5.56 Å². The zero-order chi connectivity index (χ0) is 20.7. The fourth-order valence-electron chi connectivity index (χ4n) is 2.47. The van der Waals surface area contributed by atoms with Crippen molar-refractivity contribution in [3.05, 3.63) is 53.6 Å². The number of nitrogens with one attached hydrogen (secondary N) is 1. The fourth-order valence-corrected chi connectivity index (χ4v) is 2.47. The van der Waals surface area contributed by atoms with E-state index in [1.165, 1.54) is 19.2 Å². The summed E-state index contributed by atoms with van der Waals surface area (Å²) in [6.45, 7) is 3.45. The third-order valence-corrected chi connectivity index (χ3v) is 4.00. The number of hydrogen-bond acceptors (Lipinski definition) is 4. The predicted octanol–water partition coefficient (Wildman–Crippen LogP) is 4.29. The zero-order valence-electron chi connectivity index (χ0n) is 16.4. The molecular formula is C21H25F2NO4. The molecule has 0 heterocycles. The first-order chi connectivity index (χ1) is 13.2. The molecule has 2 aromatic carbocycles. The van der Waals surface area contributed by atoms with Crippen LogP contribution in [0.5, 0.6) is 17.2 Å². The van der Waals surface area contributed by atoms with Crippen molar-refractivity contribution in [3.8, 4) is 17.2 Å². The molecule has 2 rings (SSSR count). The van der Waals surface area contributed by atoms with E-state index in [1.807, 2.05) is 18.2 Å². The van der Waals surface area contributed by atoms with Crippen molar-refractivity contribution in [2.75, 3.05) is 13.7 Å². The van der Waals surface area contributed by atoms with Gasteiger partial charge in [-0.1, -0.05) is 39.0 Å². The fraction of sp³-hybridized carbons (Fsp3) is 0.381. The summed E-state index contributed by atoms with van der Waals surface area (Å²) in [4.78, 5) is 12.0. The normalized spacial score (nSPS) is 11.2. The summed E-state index contributed by atoms with van der Waals surface area (Å²) in [6.07, 6.45) is 0. The van der Waals surface area contributed by atoms with Crippen molar-refractivity contribution in [2.24, 2.45) is 0 Å². The van der Waals surface area contributed by atoms with Crippen molar-refractivity contribution >= 4 is 5.91 Å². The number of rotatable bonds is 8. The molecule has 0 aliphatic rings. The Morgan fingerprint density at radius 3 is 2.50 bits per heavy atom. The van der Waals surface area contributed by atoms with Gasteiger partial charge >= 0.3 is 6.61 Å². The molecule has 1 amide bonds. The maximum absolute atomic E-state index is 12.4. The lowest BCUT2D eigenvalue weighted by molar-refractivity contribution is -0.123. The molecule has 0 spiro atoms. The summed E-state index contributed by atoms with van der Waals surface area (Å²) >= 11 is 0. The molecule has 0 bridgehead atoms. The minimum Gasteiger partial charge on any atom is -0.493 e. The molecule has 0 saturated heterocycles. The lowest BCUT2D eigenvalue weighted by Gasteiger charge is -2.19. The van der Waals surface area contributed by atoms with Gasteiger partial charge in [-0.15, -0.1) is 0 Å². The van der Waals surface area contributed by atoms with E-state index in [1.54, 1.807) is 12.1 Å². The Bertz CT molecular complexity index is 803. The van der Waals surface area contributed by atoms with Crippen molar-refractivity contribution < 1.29 is 27.8 Å². The number of carbonyl (C=O) groups is 1. The second-order valence-electron chi connectivity index (χ2n) is 7.21. The van der Waals surface area contributed by atoms with Gasteiger partial charge in [-0.3, -0.25) is 4.79 Å². The lowest BCUT2D eigenvalue weighted by atomic mass is 9.87. The Morgan fingerprint density at radius 2 is 1.86 bits per heavy atom. The number of benzene rings is 2. The number of halogens is 2. The third-order valence-electron chi connectivity index (χ3n) is 4.00. The minimum absolute atomic E-state index is 0.0130. The molecule has 0 unspecified atom stereocenters. The molecule has 28 heavy (non-hydrogen) atoms. The Morgan fingerprint density at radius 1 is 1.11 bits per heavy atom. The number of amides is 1. The summed E-state index contributed by atoms with van der Waals surface area (Å²) in [5.41, 5.74) is 1.78. The monoisotopic (exact) mass is 393 g/mol. The van der Waals surface area contributed by atoms with Gasteiger partial charge in [0.1, 0.15) is 5.75 Å². The smallest absolute Gasteiger partial charge is 0.387 e. The van der Waals surface area contributed by atoms with Gasteiger partial charge in [-0.2, -0.15) is 8.78 Å². The van der Waals surface area contributed by atoms with Gasteiger partial charge in [-0.05, 0) is 40.8 Å². The topological polar surface area (TPSA) is 56.8 Å². The first kappa shape index (κ1) is 21.5. The average molecular weight is 393 g/mol. The van der Waals surface area contributed by atoms with Gasteiger partial charge in [0.15, 0.2) is 18.1 Å². The van der Waals surface area contributed by atoms with Gasteiger partial charge in [0.05, 0.1) is 7.11 Å². The number of ether oxygens (including phenoxy) is 3. The standard InChI is InChI=1S/C21H25F2NO4/c1-21(2,3)15-6-5-7-16(11-15)27-13-19(25)24-12-14-8-9-17(28-20(22)23)18(10-14)26-4/h5-11,20H,12-13H2,1-4H3,(H,24,25). The molecule has 7 heteroatoms. The highest BCUT2D eigenvalue weighted by atomic mass is 19.3. The van der Waals surface area contributed by atoms with Crippen LogP contribution < -0.4 is 19.5 Å². The Hall–Kier alpha value is -2.83. The highest BCUT2D eigenvalue weighted by Gasteiger charge is 2.14. The van der Waals surface area contributed by atoms with Crippen LogP contribution in [0.2, 0.25) is 0 Å². The van der Waals surface area contributed by atoms with E-state index in [4.69, 9.17) is 9.47 Å². The largest absolute Gasteiger partial charge is 0.493 e. The molecule has 2 aromatic rings. The maximum atomic E-state index is 12.4. The highest BCUT2D eigenvalue weighted by Crippen LogP contribution is 2.29. The molecule has 0 aliphatic heterocycles. The van der Waals surface area contributed by atoms with Crippen LogP contribution in [0.4, 0.5) is 8.78 Å². The molecule has 0 atom stereocenters. The summed E-state index contributed by atoms with van der Waals surface area (Å²) in [6, 6.07) is 12.1. The van der Waals surface area contributed by atoms with Crippen LogP contribution in [0.1, 0.15) is 31.9 Å². The van der Waals surface area contributed by atoms with Crippen molar-refractivity contribution in [3.63, 3.8) is 0 Å². The van der Waals surface area contributed by atoms with Crippen LogP contribution in [-0.2, 0) is 16.8 Å². The van der Waals surface area contributed by atoms with Crippen molar-refractivity contribution in [2.45, 2.75) is 39.3 Å². The van der Waals surface area contributed by atoms with E-state index in [2.05, 4.69) is 30.8 Å². The van der Waals surface area contributed by atoms with Crippen LogP contribution in [-0.4, -0.2) is 26.2 Å². The molecule has 152 valence electrons. The van der Waals surface area contributed by atoms with Gasteiger partial charge < -0.3 is 19.5 Å². The van der Waals surface area contributed by atoms with E-state index in [0.29, 0.717) is 11.3 Å². The van der Waals surface area contributed by atoms with Crippen molar-refractivity contribution in [1.82, 2.24) is 5.32 Å². The lowest BCUT2D eigenvalue weighted by Crippen LogP contribution is -2.28. The van der Waals surface area contributed by atoms with Crippen molar-refractivity contribution in [1.29, 1.82) is 0 Å². The second kappa shape index (κ2) is 9.39. The van der Waals surface area contributed by atoms with Gasteiger partial charge in [0, 0.05) is 6.54 Å². The first-order valence-corrected chi connectivity index (χ1v) is 8.81. The molecule has 0 saturated carbocycles. The van der Waals surface area contributed by atoms with Crippen LogP contribution in [0, 0.1) is 0 Å². The van der Waals surface area contributed by atoms with Gasteiger partial charge in [0.25, 0.3) is 5.91 Å². The minimum atomic E-state index is -2.94. The molecule has 1 N–H and O–H groups in total. The van der Waals surface area contributed by atoms with Crippen LogP contribution in [0.3, 0.4) is 0 Å². The van der Waals surface area contributed by atoms with Gasteiger partial charge in [-0.25, -0.2) is 0 Å². The zero-order valence-corrected chi connectivity index (χ0v) is 16.4. The quantitative estimate of drug-likeness (QED) is 0.727. The second-order valence-corrected chi connectivity index (χ2v) is 7.21. The van der Waals surface area contributed by atoms with Crippen LogP contribution in [0.15, 0.2) is 42.5 Å². The summed E-state index contributed by atoms with van der Waals surface area (Å²) in [7, 11) is 1.36. The molecular weight excluding hydrogens is 368 g/mol. The predicted molar refractivity (Wildman–Crippen MR) is 102 cm³/mol.